The van der Waals surface area contributed by atoms with Crippen molar-refractivity contribution in [1.29, 1.82) is 0 Å². The van der Waals surface area contributed by atoms with Gasteiger partial charge < -0.3 is 10.0 Å². The SMILES string of the molecule is OB(O)c1ccc(Br)c(F)c1F.[HH].[HH]. The first-order valence-corrected chi connectivity index (χ1v) is 3.83. The van der Waals surface area contributed by atoms with Crippen molar-refractivity contribution in [2.45, 2.75) is 0 Å². The van der Waals surface area contributed by atoms with Crippen LogP contribution in [-0.4, -0.2) is 17.2 Å². The molecule has 1 aromatic rings. The molecule has 0 spiro atoms. The zero-order valence-corrected chi connectivity index (χ0v) is 7.35. The van der Waals surface area contributed by atoms with Gasteiger partial charge in [-0.25, -0.2) is 8.78 Å². The van der Waals surface area contributed by atoms with E-state index in [4.69, 9.17) is 10.0 Å². The minimum absolute atomic E-state index is 0. The molecule has 0 aliphatic rings. The highest BCUT2D eigenvalue weighted by molar-refractivity contribution is 9.10. The summed E-state index contributed by atoms with van der Waals surface area (Å²) in [5.41, 5.74) is -0.476. The van der Waals surface area contributed by atoms with Crippen LogP contribution >= 0.6 is 15.9 Å². The van der Waals surface area contributed by atoms with E-state index in [-0.39, 0.29) is 7.33 Å². The Balaban J connectivity index is 0. The number of rotatable bonds is 1. The largest absolute Gasteiger partial charge is 0.491 e. The molecule has 6 heteroatoms. The van der Waals surface area contributed by atoms with E-state index in [9.17, 15) is 8.78 Å². The molecule has 0 aliphatic heterocycles. The predicted octanol–water partition coefficient (Wildman–Crippen LogP) is 0.899. The fraction of sp³-hybridized carbons (Fsp3) is 0. The van der Waals surface area contributed by atoms with E-state index in [0.29, 0.717) is 0 Å². The van der Waals surface area contributed by atoms with Crippen molar-refractivity contribution in [2.24, 2.45) is 0 Å². The van der Waals surface area contributed by atoms with E-state index in [1.54, 1.807) is 0 Å². The summed E-state index contributed by atoms with van der Waals surface area (Å²) in [5, 5.41) is 17.1. The molecule has 1 rings (SSSR count). The van der Waals surface area contributed by atoms with Crippen molar-refractivity contribution >= 4 is 28.5 Å². The van der Waals surface area contributed by atoms with Crippen molar-refractivity contribution in [3.05, 3.63) is 28.2 Å². The molecule has 0 saturated heterocycles. The lowest BCUT2D eigenvalue weighted by Gasteiger charge is -2.02. The van der Waals surface area contributed by atoms with Gasteiger partial charge in [-0.1, -0.05) is 6.07 Å². The van der Waals surface area contributed by atoms with Crippen molar-refractivity contribution in [3.63, 3.8) is 0 Å². The van der Waals surface area contributed by atoms with E-state index in [0.717, 1.165) is 6.07 Å². The smallest absolute Gasteiger partial charge is 0.423 e. The third kappa shape index (κ3) is 1.65. The van der Waals surface area contributed by atoms with E-state index in [2.05, 4.69) is 15.9 Å². The molecule has 0 radical (unpaired) electrons. The highest BCUT2D eigenvalue weighted by Crippen LogP contribution is 2.15. The molecule has 1 aromatic carbocycles. The highest BCUT2D eigenvalue weighted by Gasteiger charge is 2.20. The minimum Gasteiger partial charge on any atom is -0.423 e. The van der Waals surface area contributed by atoms with Crippen molar-refractivity contribution in [2.75, 3.05) is 0 Å². The zero-order chi connectivity index (χ0) is 9.30. The molecule has 0 atom stereocenters. The summed E-state index contributed by atoms with van der Waals surface area (Å²) in [5.74, 6) is -2.38. The predicted molar refractivity (Wildman–Crippen MR) is 48.1 cm³/mol. The minimum atomic E-state index is -1.99. The Morgan fingerprint density at radius 1 is 1.25 bits per heavy atom. The molecule has 0 aromatic heterocycles. The molecule has 2 N–H and O–H groups in total. The van der Waals surface area contributed by atoms with Crippen LogP contribution < -0.4 is 5.46 Å². The molecule has 0 saturated carbocycles. The maximum atomic E-state index is 12.8. The fourth-order valence-electron chi connectivity index (χ4n) is 0.740. The lowest BCUT2D eigenvalue weighted by atomic mass is 9.80. The molecular formula is C6H8BBrF2O2. The monoisotopic (exact) mass is 240 g/mol. The van der Waals surface area contributed by atoms with Crippen LogP contribution in [0.3, 0.4) is 0 Å². The fourth-order valence-corrected chi connectivity index (χ4v) is 1.05. The Morgan fingerprint density at radius 2 is 1.83 bits per heavy atom. The van der Waals surface area contributed by atoms with Gasteiger partial charge in [0, 0.05) is 8.32 Å². The zero-order valence-electron chi connectivity index (χ0n) is 5.76. The van der Waals surface area contributed by atoms with Crippen LogP contribution in [0.1, 0.15) is 2.85 Å². The van der Waals surface area contributed by atoms with Crippen LogP contribution in [0.2, 0.25) is 0 Å². The molecule has 0 aliphatic carbocycles. The second-order valence-electron chi connectivity index (χ2n) is 2.14. The van der Waals surface area contributed by atoms with E-state index >= 15 is 0 Å². The second kappa shape index (κ2) is 3.51. The number of benzene rings is 1. The standard InChI is InChI=1S/C6H4BBrF2O2.2H2/c8-4-2-1-3(7(11)12)5(9)6(4)10;;/h1-2,11-12H;2*1H. The summed E-state index contributed by atoms with van der Waals surface area (Å²) < 4.78 is 25.4. The van der Waals surface area contributed by atoms with E-state index in [1.807, 2.05) is 0 Å². The molecule has 12 heavy (non-hydrogen) atoms. The molecule has 2 nitrogen and oxygen atoms in total. The average Bonchev–Trinajstić information content (AvgIpc) is 2.00. The van der Waals surface area contributed by atoms with Crippen LogP contribution in [-0.2, 0) is 0 Å². The Bertz CT molecular complexity index is 314. The van der Waals surface area contributed by atoms with Crippen molar-refractivity contribution in [3.8, 4) is 0 Å². The van der Waals surface area contributed by atoms with Crippen LogP contribution in [0.4, 0.5) is 8.78 Å². The van der Waals surface area contributed by atoms with Crippen LogP contribution in [0.15, 0.2) is 16.6 Å². The topological polar surface area (TPSA) is 40.5 Å². The average molecular weight is 241 g/mol. The van der Waals surface area contributed by atoms with Gasteiger partial charge in [-0.05, 0) is 22.0 Å². The summed E-state index contributed by atoms with van der Waals surface area (Å²) in [7, 11) is -1.99. The third-order valence-corrected chi connectivity index (χ3v) is 1.96. The molecule has 0 fully saturated rings. The second-order valence-corrected chi connectivity index (χ2v) is 2.99. The molecule has 0 amide bonds. The van der Waals surface area contributed by atoms with Crippen molar-refractivity contribution in [1.82, 2.24) is 0 Å². The molecule has 0 bridgehead atoms. The Labute approximate surface area is 79.1 Å². The lowest BCUT2D eigenvalue weighted by molar-refractivity contribution is 0.420. The Kier molecular flexibility index (Phi) is 2.82. The van der Waals surface area contributed by atoms with Gasteiger partial charge in [0.1, 0.15) is 0 Å². The molecule has 0 unspecified atom stereocenters. The molecular weight excluding hydrogens is 233 g/mol. The third-order valence-electron chi connectivity index (χ3n) is 1.34. The van der Waals surface area contributed by atoms with Gasteiger partial charge in [-0.15, -0.1) is 0 Å². The summed E-state index contributed by atoms with van der Waals surface area (Å²) in [6.45, 7) is 0. The van der Waals surface area contributed by atoms with Crippen LogP contribution in [0.5, 0.6) is 0 Å². The first-order chi connectivity index (χ1) is 5.54. The number of halogens is 3. The highest BCUT2D eigenvalue weighted by atomic mass is 79.9. The van der Waals surface area contributed by atoms with E-state index in [1.165, 1.54) is 6.07 Å². The van der Waals surface area contributed by atoms with Crippen molar-refractivity contribution < 1.29 is 21.7 Å². The molecule has 68 valence electrons. The quantitative estimate of drug-likeness (QED) is 0.566. The van der Waals surface area contributed by atoms with Gasteiger partial charge in [-0.3, -0.25) is 0 Å². The van der Waals surface area contributed by atoms with Crippen LogP contribution in [0, 0.1) is 11.6 Å². The Hall–Kier alpha value is -0.455. The first kappa shape index (κ1) is 9.63. The Morgan fingerprint density at radius 3 is 2.33 bits per heavy atom. The van der Waals surface area contributed by atoms with E-state index < -0.39 is 24.2 Å². The summed E-state index contributed by atoms with van der Waals surface area (Å²) >= 11 is 2.75. The lowest BCUT2D eigenvalue weighted by Crippen LogP contribution is -2.33. The van der Waals surface area contributed by atoms with Crippen LogP contribution in [0.25, 0.3) is 0 Å². The van der Waals surface area contributed by atoms with Gasteiger partial charge in [-0.2, -0.15) is 0 Å². The molecule has 0 heterocycles. The maximum Gasteiger partial charge on any atom is 0.491 e. The normalized spacial score (nSPS) is 10.1. The van der Waals surface area contributed by atoms with Gasteiger partial charge >= 0.3 is 7.12 Å². The van der Waals surface area contributed by atoms with Gasteiger partial charge in [0.2, 0.25) is 0 Å². The van der Waals surface area contributed by atoms with Gasteiger partial charge in [0.25, 0.3) is 0 Å². The summed E-state index contributed by atoms with van der Waals surface area (Å²) in [6, 6.07) is 2.29. The number of hydrogen-bond acceptors (Lipinski definition) is 2. The van der Waals surface area contributed by atoms with Gasteiger partial charge in [0.05, 0.1) is 4.47 Å². The summed E-state index contributed by atoms with van der Waals surface area (Å²) in [4.78, 5) is 0. The maximum absolute atomic E-state index is 12.8. The van der Waals surface area contributed by atoms with Gasteiger partial charge in [0.15, 0.2) is 11.6 Å². The first-order valence-electron chi connectivity index (χ1n) is 3.03. The summed E-state index contributed by atoms with van der Waals surface area (Å²) in [6.07, 6.45) is 0. The number of hydrogen-bond donors (Lipinski definition) is 2.